The number of rotatable bonds is 3. The topological polar surface area (TPSA) is 49.9 Å². The second-order valence-electron chi connectivity index (χ2n) is 7.37. The number of hydrogen-bond acceptors (Lipinski definition) is 3. The third-order valence-corrected chi connectivity index (χ3v) is 4.64. The Bertz CT molecular complexity index is 558. The number of piperidine rings is 1. The van der Waals surface area contributed by atoms with E-state index in [9.17, 15) is 9.59 Å². The van der Waals surface area contributed by atoms with Gasteiger partial charge in [-0.25, -0.2) is 4.79 Å². The summed E-state index contributed by atoms with van der Waals surface area (Å²) in [5, 5.41) is 0. The Morgan fingerprint density at radius 2 is 1.65 bits per heavy atom. The number of likely N-dealkylation sites (tertiary alicyclic amines) is 1. The number of ether oxygens (including phenoxy) is 1. The highest BCUT2D eigenvalue weighted by Gasteiger charge is 2.32. The van der Waals surface area contributed by atoms with Gasteiger partial charge in [0.1, 0.15) is 6.61 Å². The van der Waals surface area contributed by atoms with E-state index in [1.54, 1.807) is 9.80 Å². The minimum atomic E-state index is -0.297. The molecule has 2 amide bonds. The third-order valence-electron chi connectivity index (χ3n) is 4.64. The van der Waals surface area contributed by atoms with E-state index in [1.165, 1.54) is 0 Å². The summed E-state index contributed by atoms with van der Waals surface area (Å²) in [4.78, 5) is 28.2. The lowest BCUT2D eigenvalue weighted by Gasteiger charge is -2.37. The van der Waals surface area contributed by atoms with Gasteiger partial charge in [0, 0.05) is 31.6 Å². The summed E-state index contributed by atoms with van der Waals surface area (Å²) in [5.41, 5.74) is 0.797. The second kappa shape index (κ2) is 10.2. The fraction of sp³-hybridized carbons (Fsp3) is 0.619. The molecule has 0 N–H and O–H groups in total. The zero-order valence-electron chi connectivity index (χ0n) is 17.1. The van der Waals surface area contributed by atoms with Crippen LogP contribution in [0.4, 0.5) is 4.79 Å². The predicted molar refractivity (Wildman–Crippen MR) is 105 cm³/mol. The minimum absolute atomic E-state index is 0.00704. The van der Waals surface area contributed by atoms with Crippen LogP contribution in [0.15, 0.2) is 30.3 Å². The SMILES string of the molecule is CC.CN(C(=O)C1CCN(C(=O)OCc2ccccc2)CC1)C(C)(C)C. The molecule has 0 aliphatic carbocycles. The maximum atomic E-state index is 12.5. The zero-order chi connectivity index (χ0) is 19.7. The first-order chi connectivity index (χ1) is 12.3. The van der Waals surface area contributed by atoms with E-state index in [0.29, 0.717) is 25.9 Å². The van der Waals surface area contributed by atoms with Crippen LogP contribution in [-0.2, 0) is 16.1 Å². The molecular weight excluding hydrogens is 328 g/mol. The third kappa shape index (κ3) is 6.36. The van der Waals surface area contributed by atoms with Crippen molar-refractivity contribution in [3.05, 3.63) is 35.9 Å². The maximum Gasteiger partial charge on any atom is 0.410 e. The van der Waals surface area contributed by atoms with Crippen LogP contribution in [0.1, 0.15) is 53.0 Å². The van der Waals surface area contributed by atoms with Crippen molar-refractivity contribution in [3.8, 4) is 0 Å². The Hall–Kier alpha value is -2.04. The molecule has 146 valence electrons. The van der Waals surface area contributed by atoms with E-state index in [2.05, 4.69) is 0 Å². The largest absolute Gasteiger partial charge is 0.445 e. The lowest BCUT2D eigenvalue weighted by molar-refractivity contribution is -0.140. The number of carbonyl (C=O) groups is 2. The number of amides is 2. The summed E-state index contributed by atoms with van der Waals surface area (Å²) in [5.74, 6) is 0.159. The van der Waals surface area contributed by atoms with Crippen molar-refractivity contribution in [2.75, 3.05) is 20.1 Å². The van der Waals surface area contributed by atoms with E-state index < -0.39 is 0 Å². The fourth-order valence-electron chi connectivity index (χ4n) is 2.72. The number of carbonyl (C=O) groups excluding carboxylic acids is 2. The Morgan fingerprint density at radius 3 is 2.15 bits per heavy atom. The van der Waals surface area contributed by atoms with Crippen LogP contribution in [0, 0.1) is 5.92 Å². The van der Waals surface area contributed by atoms with Gasteiger partial charge in [-0.15, -0.1) is 0 Å². The first-order valence-corrected chi connectivity index (χ1v) is 9.52. The Morgan fingerprint density at radius 1 is 1.12 bits per heavy atom. The molecule has 0 aromatic heterocycles. The highest BCUT2D eigenvalue weighted by Crippen LogP contribution is 2.23. The van der Waals surface area contributed by atoms with Gasteiger partial charge in [0.25, 0.3) is 0 Å². The summed E-state index contributed by atoms with van der Waals surface area (Å²) in [6, 6.07) is 9.64. The number of nitrogens with zero attached hydrogens (tertiary/aromatic N) is 2. The normalized spacial score (nSPS) is 14.9. The standard InChI is InChI=1S/C19H28N2O3.C2H6/c1-19(2,3)20(4)17(22)16-10-12-21(13-11-16)18(23)24-14-15-8-6-5-7-9-15;1-2/h5-9,16H,10-14H2,1-4H3;1-2H3. The highest BCUT2D eigenvalue weighted by atomic mass is 16.6. The fourth-order valence-corrected chi connectivity index (χ4v) is 2.72. The maximum absolute atomic E-state index is 12.5. The Balaban J connectivity index is 0.00000163. The molecule has 1 aromatic carbocycles. The van der Waals surface area contributed by atoms with Crippen molar-refractivity contribution < 1.29 is 14.3 Å². The van der Waals surface area contributed by atoms with Gasteiger partial charge in [0.05, 0.1) is 0 Å². The van der Waals surface area contributed by atoms with Crippen LogP contribution in [0.2, 0.25) is 0 Å². The van der Waals surface area contributed by atoms with Gasteiger partial charge in [0.2, 0.25) is 5.91 Å². The molecule has 0 bridgehead atoms. The molecular formula is C21H34N2O3. The predicted octanol–water partition coefficient (Wildman–Crippen LogP) is 4.32. The first kappa shape index (κ1) is 22.0. The average molecular weight is 363 g/mol. The molecule has 2 rings (SSSR count). The smallest absolute Gasteiger partial charge is 0.410 e. The minimum Gasteiger partial charge on any atom is -0.445 e. The molecule has 5 nitrogen and oxygen atoms in total. The molecule has 1 heterocycles. The molecule has 5 heteroatoms. The molecule has 0 spiro atoms. The quantitative estimate of drug-likeness (QED) is 0.805. The van der Waals surface area contributed by atoms with E-state index in [1.807, 2.05) is 72.0 Å². The van der Waals surface area contributed by atoms with Gasteiger partial charge >= 0.3 is 6.09 Å². The zero-order valence-corrected chi connectivity index (χ0v) is 17.1. The van der Waals surface area contributed by atoms with E-state index in [0.717, 1.165) is 5.56 Å². The lowest BCUT2D eigenvalue weighted by atomic mass is 9.93. The summed E-state index contributed by atoms with van der Waals surface area (Å²) in [7, 11) is 1.85. The molecule has 0 atom stereocenters. The molecule has 1 aromatic rings. The van der Waals surface area contributed by atoms with Crippen LogP contribution in [0.3, 0.4) is 0 Å². The van der Waals surface area contributed by atoms with Crippen LogP contribution in [0.5, 0.6) is 0 Å². The van der Waals surface area contributed by atoms with Crippen molar-refractivity contribution in [1.29, 1.82) is 0 Å². The van der Waals surface area contributed by atoms with Crippen molar-refractivity contribution in [1.82, 2.24) is 9.80 Å². The van der Waals surface area contributed by atoms with Crippen molar-refractivity contribution in [2.24, 2.45) is 5.92 Å². The van der Waals surface area contributed by atoms with Crippen LogP contribution in [-0.4, -0.2) is 47.5 Å². The Kier molecular flexibility index (Phi) is 8.62. The monoisotopic (exact) mass is 362 g/mol. The van der Waals surface area contributed by atoms with Gasteiger partial charge in [0.15, 0.2) is 0 Å². The van der Waals surface area contributed by atoms with Gasteiger partial charge in [-0.2, -0.15) is 0 Å². The molecule has 1 fully saturated rings. The molecule has 0 saturated carbocycles. The van der Waals surface area contributed by atoms with E-state index >= 15 is 0 Å². The molecule has 0 radical (unpaired) electrons. The van der Waals surface area contributed by atoms with Gasteiger partial charge in [-0.05, 0) is 39.2 Å². The average Bonchev–Trinajstić information content (AvgIpc) is 2.66. The molecule has 1 aliphatic heterocycles. The highest BCUT2D eigenvalue weighted by molar-refractivity contribution is 5.79. The summed E-state index contributed by atoms with van der Waals surface area (Å²) >= 11 is 0. The van der Waals surface area contributed by atoms with Crippen molar-refractivity contribution in [2.45, 2.75) is 59.6 Å². The van der Waals surface area contributed by atoms with Gasteiger partial charge < -0.3 is 14.5 Å². The molecule has 1 aliphatic rings. The summed E-state index contributed by atoms with van der Waals surface area (Å²) < 4.78 is 5.36. The van der Waals surface area contributed by atoms with E-state index in [-0.39, 0.29) is 30.1 Å². The van der Waals surface area contributed by atoms with E-state index in [4.69, 9.17) is 4.74 Å². The van der Waals surface area contributed by atoms with Crippen LogP contribution >= 0.6 is 0 Å². The van der Waals surface area contributed by atoms with Crippen molar-refractivity contribution >= 4 is 12.0 Å². The summed E-state index contributed by atoms with van der Waals surface area (Å²) in [6.07, 6.45) is 1.09. The first-order valence-electron chi connectivity index (χ1n) is 9.52. The van der Waals surface area contributed by atoms with Crippen LogP contribution < -0.4 is 0 Å². The molecule has 0 unspecified atom stereocenters. The number of benzene rings is 1. The molecule has 1 saturated heterocycles. The Labute approximate surface area is 158 Å². The van der Waals surface area contributed by atoms with Gasteiger partial charge in [-0.1, -0.05) is 44.2 Å². The number of hydrogen-bond donors (Lipinski definition) is 0. The lowest BCUT2D eigenvalue weighted by Crippen LogP contribution is -2.48. The second-order valence-corrected chi connectivity index (χ2v) is 7.37. The summed E-state index contributed by atoms with van der Waals surface area (Å²) in [6.45, 7) is 11.5. The van der Waals surface area contributed by atoms with Crippen molar-refractivity contribution in [3.63, 3.8) is 0 Å². The van der Waals surface area contributed by atoms with Crippen LogP contribution in [0.25, 0.3) is 0 Å². The molecule has 26 heavy (non-hydrogen) atoms. The van der Waals surface area contributed by atoms with Gasteiger partial charge in [-0.3, -0.25) is 4.79 Å².